The van der Waals surface area contributed by atoms with E-state index >= 15 is 0 Å². The molecule has 2 amide bonds. The number of carbonyl (C=O) groups excluding carboxylic acids is 2. The molecule has 3 N–H and O–H groups in total. The van der Waals surface area contributed by atoms with Crippen LogP contribution in [-0.4, -0.2) is 42.9 Å². The maximum absolute atomic E-state index is 11.4. The molecule has 1 atom stereocenters. The van der Waals surface area contributed by atoms with Crippen LogP contribution in [0.2, 0.25) is 0 Å². The van der Waals surface area contributed by atoms with E-state index in [2.05, 4.69) is 5.32 Å². The van der Waals surface area contributed by atoms with E-state index in [1.807, 2.05) is 11.8 Å². The van der Waals surface area contributed by atoms with Crippen molar-refractivity contribution in [3.63, 3.8) is 0 Å². The summed E-state index contributed by atoms with van der Waals surface area (Å²) >= 11 is 0. The van der Waals surface area contributed by atoms with Gasteiger partial charge in [-0.15, -0.1) is 0 Å². The van der Waals surface area contributed by atoms with Crippen LogP contribution in [0, 0.1) is 5.92 Å². The maximum Gasteiger partial charge on any atom is 0.234 e. The molecule has 1 unspecified atom stereocenters. The lowest BCUT2D eigenvalue weighted by Gasteiger charge is -2.33. The van der Waals surface area contributed by atoms with Crippen molar-refractivity contribution >= 4 is 11.8 Å². The largest absolute Gasteiger partial charge is 0.368 e. The van der Waals surface area contributed by atoms with E-state index in [4.69, 9.17) is 5.73 Å². The van der Waals surface area contributed by atoms with E-state index < -0.39 is 0 Å². The number of piperidine rings is 1. The molecule has 0 bridgehead atoms. The summed E-state index contributed by atoms with van der Waals surface area (Å²) in [6, 6.07) is -0.226. The Morgan fingerprint density at radius 1 is 1.40 bits per heavy atom. The summed E-state index contributed by atoms with van der Waals surface area (Å²) < 4.78 is 0. The smallest absolute Gasteiger partial charge is 0.234 e. The number of carbonyl (C=O) groups is 2. The van der Waals surface area contributed by atoms with E-state index in [9.17, 15) is 9.59 Å². The van der Waals surface area contributed by atoms with E-state index in [-0.39, 0.29) is 23.8 Å². The van der Waals surface area contributed by atoms with Gasteiger partial charge >= 0.3 is 0 Å². The molecule has 1 rings (SSSR count). The average Bonchev–Trinajstić information content (AvgIpc) is 2.27. The highest BCUT2D eigenvalue weighted by Gasteiger charge is 2.28. The topological polar surface area (TPSA) is 75.4 Å². The highest BCUT2D eigenvalue weighted by molar-refractivity contribution is 5.80. The molecule has 0 aromatic rings. The fraction of sp³-hybridized carbons (Fsp3) is 0.800. The van der Waals surface area contributed by atoms with Gasteiger partial charge in [0, 0.05) is 13.0 Å². The molecule has 5 heteroatoms. The van der Waals surface area contributed by atoms with Gasteiger partial charge in [-0.2, -0.15) is 0 Å². The first-order valence-electron chi connectivity index (χ1n) is 5.31. The van der Waals surface area contributed by atoms with Crippen molar-refractivity contribution in [2.45, 2.75) is 25.8 Å². The van der Waals surface area contributed by atoms with Crippen LogP contribution in [0.5, 0.6) is 0 Å². The van der Waals surface area contributed by atoms with Crippen molar-refractivity contribution in [2.24, 2.45) is 11.7 Å². The summed E-state index contributed by atoms with van der Waals surface area (Å²) in [4.78, 5) is 24.4. The van der Waals surface area contributed by atoms with Crippen LogP contribution in [0.15, 0.2) is 0 Å². The molecular formula is C10H19N3O2. The molecule has 0 aromatic heterocycles. The number of amides is 2. The number of hydrogen-bond donors (Lipinski definition) is 2. The first kappa shape index (κ1) is 12.0. The van der Waals surface area contributed by atoms with E-state index in [1.165, 1.54) is 0 Å². The Labute approximate surface area is 90.0 Å². The molecule has 1 fully saturated rings. The van der Waals surface area contributed by atoms with Gasteiger partial charge in [0.05, 0.1) is 6.04 Å². The van der Waals surface area contributed by atoms with Crippen LogP contribution >= 0.6 is 0 Å². The third-order valence-corrected chi connectivity index (χ3v) is 3.11. The first-order valence-corrected chi connectivity index (χ1v) is 5.31. The molecule has 1 heterocycles. The molecule has 0 spiro atoms. The Bertz CT molecular complexity index is 247. The van der Waals surface area contributed by atoms with Gasteiger partial charge in [0.15, 0.2) is 0 Å². The van der Waals surface area contributed by atoms with Crippen molar-refractivity contribution in [2.75, 3.05) is 20.1 Å². The molecule has 1 aliphatic rings. The molecule has 0 aromatic carbocycles. The van der Waals surface area contributed by atoms with Gasteiger partial charge in [0.2, 0.25) is 11.8 Å². The molecule has 1 saturated heterocycles. The van der Waals surface area contributed by atoms with Crippen LogP contribution in [0.1, 0.15) is 19.8 Å². The zero-order valence-electron chi connectivity index (χ0n) is 9.32. The molecule has 0 aliphatic carbocycles. The second-order valence-electron chi connectivity index (χ2n) is 4.00. The lowest BCUT2D eigenvalue weighted by molar-refractivity contribution is -0.127. The molecule has 86 valence electrons. The number of nitrogens with one attached hydrogen (secondary N) is 1. The minimum absolute atomic E-state index is 0.0892. The lowest BCUT2D eigenvalue weighted by atomic mass is 9.95. The monoisotopic (exact) mass is 213 g/mol. The summed E-state index contributed by atoms with van der Waals surface area (Å²) in [5.74, 6) is -0.110. The third kappa shape index (κ3) is 2.92. The van der Waals surface area contributed by atoms with Gasteiger partial charge in [-0.05, 0) is 32.9 Å². The predicted octanol–water partition coefficient (Wildman–Crippen LogP) is -0.682. The normalized spacial score (nSPS) is 20.9. The lowest BCUT2D eigenvalue weighted by Crippen LogP contribution is -2.48. The number of nitrogens with zero attached hydrogens (tertiary/aromatic N) is 1. The third-order valence-electron chi connectivity index (χ3n) is 3.11. The van der Waals surface area contributed by atoms with Crippen LogP contribution in [-0.2, 0) is 9.59 Å². The van der Waals surface area contributed by atoms with Crippen LogP contribution in [0.3, 0.4) is 0 Å². The predicted molar refractivity (Wildman–Crippen MR) is 57.0 cm³/mol. The zero-order valence-corrected chi connectivity index (χ0v) is 9.32. The number of primary amides is 1. The Morgan fingerprint density at radius 3 is 2.33 bits per heavy atom. The SMILES string of the molecule is CNC(=O)C1CCN(C(C)C(N)=O)CC1. The van der Waals surface area contributed by atoms with Gasteiger partial charge in [0.25, 0.3) is 0 Å². The zero-order chi connectivity index (χ0) is 11.4. The van der Waals surface area contributed by atoms with Crippen molar-refractivity contribution in [3.05, 3.63) is 0 Å². The van der Waals surface area contributed by atoms with Crippen molar-refractivity contribution in [1.82, 2.24) is 10.2 Å². The number of hydrogen-bond acceptors (Lipinski definition) is 3. The van der Waals surface area contributed by atoms with Gasteiger partial charge in [-0.3, -0.25) is 14.5 Å². The van der Waals surface area contributed by atoms with Crippen LogP contribution in [0.4, 0.5) is 0 Å². The Hall–Kier alpha value is -1.10. The standard InChI is InChI=1S/C10H19N3O2/c1-7(9(11)14)13-5-3-8(4-6-13)10(15)12-2/h7-8H,3-6H2,1-2H3,(H2,11,14)(H,12,15). The molecule has 1 aliphatic heterocycles. The fourth-order valence-corrected chi connectivity index (χ4v) is 1.93. The van der Waals surface area contributed by atoms with E-state index in [0.717, 1.165) is 25.9 Å². The van der Waals surface area contributed by atoms with Crippen LogP contribution < -0.4 is 11.1 Å². The minimum Gasteiger partial charge on any atom is -0.368 e. The Balaban J connectivity index is 2.42. The summed E-state index contributed by atoms with van der Waals surface area (Å²) in [5.41, 5.74) is 5.23. The minimum atomic E-state index is -0.298. The van der Waals surface area contributed by atoms with Crippen molar-refractivity contribution < 1.29 is 9.59 Å². The van der Waals surface area contributed by atoms with E-state index in [1.54, 1.807) is 7.05 Å². The van der Waals surface area contributed by atoms with Crippen molar-refractivity contribution in [1.29, 1.82) is 0 Å². The summed E-state index contributed by atoms with van der Waals surface area (Å²) in [6.45, 7) is 3.34. The average molecular weight is 213 g/mol. The van der Waals surface area contributed by atoms with Crippen LogP contribution in [0.25, 0.3) is 0 Å². The molecule has 15 heavy (non-hydrogen) atoms. The molecule has 0 saturated carbocycles. The van der Waals surface area contributed by atoms with Gasteiger partial charge < -0.3 is 11.1 Å². The highest BCUT2D eigenvalue weighted by Crippen LogP contribution is 2.18. The number of rotatable bonds is 3. The quantitative estimate of drug-likeness (QED) is 0.652. The second kappa shape index (κ2) is 5.11. The molecule has 0 radical (unpaired) electrons. The Morgan fingerprint density at radius 2 is 1.93 bits per heavy atom. The highest BCUT2D eigenvalue weighted by atomic mass is 16.2. The van der Waals surface area contributed by atoms with E-state index in [0.29, 0.717) is 0 Å². The maximum atomic E-state index is 11.4. The number of likely N-dealkylation sites (tertiary alicyclic amines) is 1. The summed E-state index contributed by atoms with van der Waals surface area (Å²) in [6.07, 6.45) is 1.61. The second-order valence-corrected chi connectivity index (χ2v) is 4.00. The first-order chi connectivity index (χ1) is 7.06. The Kier molecular flexibility index (Phi) is 4.08. The molecular weight excluding hydrogens is 194 g/mol. The van der Waals surface area contributed by atoms with Gasteiger partial charge in [0.1, 0.15) is 0 Å². The molecule has 5 nitrogen and oxygen atoms in total. The number of nitrogens with two attached hydrogens (primary N) is 1. The fourth-order valence-electron chi connectivity index (χ4n) is 1.93. The summed E-state index contributed by atoms with van der Waals surface area (Å²) in [7, 11) is 1.65. The van der Waals surface area contributed by atoms with Gasteiger partial charge in [-0.1, -0.05) is 0 Å². The summed E-state index contributed by atoms with van der Waals surface area (Å²) in [5, 5.41) is 2.65. The van der Waals surface area contributed by atoms with Crippen molar-refractivity contribution in [3.8, 4) is 0 Å². The van der Waals surface area contributed by atoms with Gasteiger partial charge in [-0.25, -0.2) is 0 Å².